The summed E-state index contributed by atoms with van der Waals surface area (Å²) in [6.07, 6.45) is 4.24. The van der Waals surface area contributed by atoms with Crippen molar-refractivity contribution < 1.29 is 22.6 Å². The second kappa shape index (κ2) is 7.46. The molecule has 0 bridgehead atoms. The van der Waals surface area contributed by atoms with Crippen LogP contribution in [0, 0.1) is 5.92 Å². The first-order chi connectivity index (χ1) is 15.8. The summed E-state index contributed by atoms with van der Waals surface area (Å²) in [5, 5.41) is 0. The van der Waals surface area contributed by atoms with E-state index < -0.39 is 12.1 Å². The van der Waals surface area contributed by atoms with E-state index in [1.54, 1.807) is 0 Å². The number of morpholine rings is 1. The van der Waals surface area contributed by atoms with Gasteiger partial charge in [0.1, 0.15) is 5.82 Å². The summed E-state index contributed by atoms with van der Waals surface area (Å²) < 4.78 is 50.1. The second-order valence-corrected chi connectivity index (χ2v) is 9.50. The number of pyridine rings is 1. The molecule has 0 spiro atoms. The number of ether oxygens (including phenoxy) is 2. The lowest BCUT2D eigenvalue weighted by atomic mass is 10.1. The maximum atomic E-state index is 12.7. The molecular formula is C23H26F3N5O2. The summed E-state index contributed by atoms with van der Waals surface area (Å²) in [5.41, 5.74) is 8.10. The van der Waals surface area contributed by atoms with Crippen molar-refractivity contribution in [1.29, 1.82) is 0 Å². The Morgan fingerprint density at radius 2 is 2.09 bits per heavy atom. The van der Waals surface area contributed by atoms with Gasteiger partial charge in [0.05, 0.1) is 24.9 Å². The third kappa shape index (κ3) is 3.89. The average Bonchev–Trinajstić information content (AvgIpc) is 3.63. The van der Waals surface area contributed by atoms with Crippen molar-refractivity contribution in [1.82, 2.24) is 19.4 Å². The third-order valence-corrected chi connectivity index (χ3v) is 7.17. The first kappa shape index (κ1) is 21.0. The van der Waals surface area contributed by atoms with Crippen LogP contribution in [0.3, 0.4) is 0 Å². The molecule has 2 unspecified atom stereocenters. The first-order valence-electron chi connectivity index (χ1n) is 11.4. The van der Waals surface area contributed by atoms with Crippen molar-refractivity contribution >= 4 is 5.82 Å². The van der Waals surface area contributed by atoms with Crippen LogP contribution in [0.1, 0.15) is 44.0 Å². The zero-order chi connectivity index (χ0) is 22.9. The van der Waals surface area contributed by atoms with Gasteiger partial charge >= 0.3 is 6.36 Å². The first-order valence-corrected chi connectivity index (χ1v) is 11.4. The van der Waals surface area contributed by atoms with Crippen molar-refractivity contribution in [3.63, 3.8) is 0 Å². The smallest absolute Gasteiger partial charge is 0.402 e. The SMILES string of the molecule is CC1COCCN1C1C=C2[C@@H](C1)[C@@H]2n1cc(-c2cnc(N)c(OC(F)(F)F)c2)nc1C1CC1. The van der Waals surface area contributed by atoms with Crippen LogP contribution in [0.5, 0.6) is 5.75 Å². The molecule has 2 N–H and O–H groups in total. The molecule has 1 aliphatic heterocycles. The van der Waals surface area contributed by atoms with Gasteiger partial charge in [-0.05, 0) is 37.8 Å². The van der Waals surface area contributed by atoms with Crippen LogP contribution in [0.25, 0.3) is 11.3 Å². The quantitative estimate of drug-likeness (QED) is 0.681. The fourth-order valence-corrected chi connectivity index (χ4v) is 5.39. The second-order valence-electron chi connectivity index (χ2n) is 9.50. The zero-order valence-corrected chi connectivity index (χ0v) is 18.3. The predicted molar refractivity (Wildman–Crippen MR) is 115 cm³/mol. The highest BCUT2D eigenvalue weighted by Crippen LogP contribution is 2.59. The summed E-state index contributed by atoms with van der Waals surface area (Å²) >= 11 is 0. The van der Waals surface area contributed by atoms with Crippen LogP contribution in [-0.4, -0.2) is 57.6 Å². The van der Waals surface area contributed by atoms with Gasteiger partial charge in [-0.25, -0.2) is 9.97 Å². The molecule has 10 heteroatoms. The van der Waals surface area contributed by atoms with Gasteiger partial charge in [0, 0.05) is 48.4 Å². The van der Waals surface area contributed by atoms with Gasteiger partial charge in [0.15, 0.2) is 11.6 Å². The number of allylic oxidation sites excluding steroid dienone is 1. The predicted octanol–water partition coefficient (Wildman–Crippen LogP) is 3.89. The minimum absolute atomic E-state index is 0.294. The Morgan fingerprint density at radius 1 is 1.27 bits per heavy atom. The summed E-state index contributed by atoms with van der Waals surface area (Å²) in [6, 6.07) is 2.43. The molecule has 6 rings (SSSR count). The molecule has 1 saturated heterocycles. The Hall–Kier alpha value is -2.59. The van der Waals surface area contributed by atoms with Gasteiger partial charge in [-0.15, -0.1) is 13.2 Å². The molecule has 33 heavy (non-hydrogen) atoms. The molecular weight excluding hydrogens is 435 g/mol. The van der Waals surface area contributed by atoms with E-state index in [-0.39, 0.29) is 5.82 Å². The lowest BCUT2D eigenvalue weighted by Crippen LogP contribution is -2.48. The van der Waals surface area contributed by atoms with Crippen molar-refractivity contribution in [2.75, 3.05) is 25.5 Å². The molecule has 0 radical (unpaired) electrons. The summed E-state index contributed by atoms with van der Waals surface area (Å²) in [7, 11) is 0. The molecule has 2 aromatic rings. The van der Waals surface area contributed by atoms with E-state index in [1.807, 2.05) is 6.20 Å². The molecule has 7 nitrogen and oxygen atoms in total. The molecule has 0 aromatic carbocycles. The molecule has 0 amide bonds. The normalized spacial score (nSPS) is 29.6. The highest BCUT2D eigenvalue weighted by Gasteiger charge is 2.53. The Kier molecular flexibility index (Phi) is 4.74. The molecule has 3 aliphatic carbocycles. The van der Waals surface area contributed by atoms with Crippen LogP contribution < -0.4 is 10.5 Å². The number of anilines is 1. The van der Waals surface area contributed by atoms with Crippen LogP contribution in [0.15, 0.2) is 30.1 Å². The van der Waals surface area contributed by atoms with E-state index in [2.05, 4.69) is 32.2 Å². The number of halogens is 3. The number of nitrogens with two attached hydrogens (primary N) is 1. The summed E-state index contributed by atoms with van der Waals surface area (Å²) in [6.45, 7) is 4.73. The molecule has 2 aromatic heterocycles. The van der Waals surface area contributed by atoms with Crippen molar-refractivity contribution in [2.24, 2.45) is 5.92 Å². The highest BCUT2D eigenvalue weighted by molar-refractivity contribution is 5.64. The molecule has 3 fully saturated rings. The van der Waals surface area contributed by atoms with E-state index in [1.165, 1.54) is 17.8 Å². The van der Waals surface area contributed by atoms with E-state index in [0.717, 1.165) is 44.8 Å². The number of alkyl halides is 3. The van der Waals surface area contributed by atoms with Gasteiger partial charge < -0.3 is 19.8 Å². The summed E-state index contributed by atoms with van der Waals surface area (Å²) in [5.74, 6) is 1.11. The number of hydrogen-bond acceptors (Lipinski definition) is 6. The van der Waals surface area contributed by atoms with Crippen molar-refractivity contribution in [3.05, 3.63) is 35.9 Å². The number of hydrogen-bond donors (Lipinski definition) is 1. The van der Waals surface area contributed by atoms with E-state index in [4.69, 9.17) is 15.5 Å². The number of nitrogen functional groups attached to an aromatic ring is 1. The Balaban J connectivity index is 1.27. The Labute approximate surface area is 189 Å². The third-order valence-electron chi connectivity index (χ3n) is 7.17. The van der Waals surface area contributed by atoms with Gasteiger partial charge in [-0.3, -0.25) is 4.90 Å². The van der Waals surface area contributed by atoms with Crippen LogP contribution in [-0.2, 0) is 4.74 Å². The topological polar surface area (TPSA) is 78.4 Å². The van der Waals surface area contributed by atoms with E-state index in [9.17, 15) is 13.2 Å². The number of nitrogens with zero attached hydrogens (tertiary/aromatic N) is 4. The number of fused-ring (bicyclic) bond motifs is 1. The Bertz CT molecular complexity index is 1110. The van der Waals surface area contributed by atoms with Gasteiger partial charge in [0.2, 0.25) is 0 Å². The van der Waals surface area contributed by atoms with Crippen LogP contribution >= 0.6 is 0 Å². The molecule has 4 atom stereocenters. The van der Waals surface area contributed by atoms with E-state index in [0.29, 0.717) is 41.2 Å². The Morgan fingerprint density at radius 3 is 2.76 bits per heavy atom. The van der Waals surface area contributed by atoms with E-state index >= 15 is 0 Å². The number of aromatic nitrogens is 3. The number of imidazole rings is 1. The monoisotopic (exact) mass is 461 g/mol. The minimum atomic E-state index is -4.83. The maximum Gasteiger partial charge on any atom is 0.573 e. The van der Waals surface area contributed by atoms with Gasteiger partial charge in [-0.2, -0.15) is 0 Å². The van der Waals surface area contributed by atoms with Crippen LogP contribution in [0.4, 0.5) is 19.0 Å². The summed E-state index contributed by atoms with van der Waals surface area (Å²) in [4.78, 5) is 11.2. The molecule has 3 heterocycles. The van der Waals surface area contributed by atoms with Crippen molar-refractivity contribution in [2.45, 2.75) is 56.6 Å². The van der Waals surface area contributed by atoms with Crippen molar-refractivity contribution in [3.8, 4) is 17.0 Å². The molecule has 2 saturated carbocycles. The molecule has 4 aliphatic rings. The lowest BCUT2D eigenvalue weighted by Gasteiger charge is -2.37. The average molecular weight is 461 g/mol. The van der Waals surface area contributed by atoms with Gasteiger partial charge in [-0.1, -0.05) is 6.08 Å². The lowest BCUT2D eigenvalue weighted by molar-refractivity contribution is -0.274. The zero-order valence-electron chi connectivity index (χ0n) is 18.3. The highest BCUT2D eigenvalue weighted by atomic mass is 19.4. The number of rotatable bonds is 5. The maximum absolute atomic E-state index is 12.7. The van der Waals surface area contributed by atoms with Gasteiger partial charge in [0.25, 0.3) is 0 Å². The van der Waals surface area contributed by atoms with Crippen LogP contribution in [0.2, 0.25) is 0 Å². The molecule has 176 valence electrons. The largest absolute Gasteiger partial charge is 0.573 e. The fraction of sp³-hybridized carbons (Fsp3) is 0.565. The standard InChI is InChI=1S/C23H26F3N5O2/c1-12-11-32-5-4-30(12)15-7-16-17(8-15)20(16)31-10-18(29-22(31)13-2-3-13)14-6-19(21(27)28-9-14)33-23(24,25)26/h6-7,9-10,12-13,15,17,20H,2-5,8,11H2,1H3,(H2,27,28)/t12?,15?,17-,20-/m1/s1. The fourth-order valence-electron chi connectivity index (χ4n) is 5.39. The minimum Gasteiger partial charge on any atom is -0.402 e.